The van der Waals surface area contributed by atoms with Crippen molar-refractivity contribution in [1.82, 2.24) is 0 Å². The molecule has 0 aromatic heterocycles. The maximum atomic E-state index is 0. The largest absolute Gasteiger partial charge is 2.00 e. The van der Waals surface area contributed by atoms with Crippen molar-refractivity contribution in [2.45, 2.75) is 0 Å². The number of hydrogen-bond donors (Lipinski definition) is 0. The van der Waals surface area contributed by atoms with Crippen LogP contribution in [-0.4, -0.2) is 48.9 Å². The SMILES string of the molecule is [Ba+2].[H-].[H-].[O-2].[Ti].[Zn+2]. The molecule has 0 radical (unpaired) electrons. The predicted molar refractivity (Wildman–Crippen MR) is 8.66 cm³/mol. The molecule has 0 heterocycles. The quantitative estimate of drug-likeness (QED) is 0.541. The van der Waals surface area contributed by atoms with Crippen LogP contribution in [0.4, 0.5) is 0 Å². The fourth-order valence-electron chi connectivity index (χ4n) is 0. The van der Waals surface area contributed by atoms with Gasteiger partial charge in [-0.05, 0) is 0 Å². The summed E-state index contributed by atoms with van der Waals surface area (Å²) in [4.78, 5) is 0. The van der Waals surface area contributed by atoms with E-state index in [0.29, 0.717) is 0 Å². The van der Waals surface area contributed by atoms with Crippen molar-refractivity contribution in [2.75, 3.05) is 0 Å². The van der Waals surface area contributed by atoms with Gasteiger partial charge in [0.25, 0.3) is 0 Å². The molecular formula is H2BaOTiZn. The minimum absolute atomic E-state index is 0. The molecule has 0 aromatic rings. The molecule has 0 unspecified atom stereocenters. The molecule has 16 valence electrons. The molecule has 0 N–H and O–H groups in total. The summed E-state index contributed by atoms with van der Waals surface area (Å²) in [5.74, 6) is 0. The van der Waals surface area contributed by atoms with Crippen LogP contribution in [0.2, 0.25) is 0 Å². The molecule has 0 amide bonds. The summed E-state index contributed by atoms with van der Waals surface area (Å²) in [7, 11) is 0. The van der Waals surface area contributed by atoms with E-state index in [9.17, 15) is 0 Å². The maximum absolute atomic E-state index is 0. The van der Waals surface area contributed by atoms with Crippen LogP contribution in [0.15, 0.2) is 0 Å². The van der Waals surface area contributed by atoms with Crippen LogP contribution >= 0.6 is 0 Å². The standard InChI is InChI=1S/Ba.O.Ti.Zn.2H/q+2;-2;;+2;2*-1. The molecule has 0 aromatic carbocycles. The van der Waals surface area contributed by atoms with Crippen LogP contribution < -0.4 is 0 Å². The fourth-order valence-corrected chi connectivity index (χ4v) is 0. The van der Waals surface area contributed by atoms with Gasteiger partial charge in [0, 0.05) is 21.7 Å². The van der Waals surface area contributed by atoms with E-state index in [2.05, 4.69) is 0 Å². The first-order chi connectivity index (χ1) is 0. The molecule has 0 bridgehead atoms. The van der Waals surface area contributed by atoms with Crippen LogP contribution in [-0.2, 0) is 46.7 Å². The second-order valence-corrected chi connectivity index (χ2v) is 0. The smallest absolute Gasteiger partial charge is 2.00 e. The Bertz CT molecular complexity index is 13.5. The molecule has 1 nitrogen and oxygen atoms in total. The molecule has 0 spiro atoms. The Morgan fingerprint density at radius 3 is 1.25 bits per heavy atom. The Kier molecular flexibility index (Phi) is 121. The van der Waals surface area contributed by atoms with Crippen LogP contribution in [0.3, 0.4) is 0 Å². The third-order valence-corrected chi connectivity index (χ3v) is 0. The predicted octanol–water partition coefficient (Wildman–Crippen LogP) is -0.280. The van der Waals surface area contributed by atoms with Gasteiger partial charge in [0.1, 0.15) is 0 Å². The third kappa shape index (κ3) is 8.85. The third-order valence-electron chi connectivity index (χ3n) is 0. The summed E-state index contributed by atoms with van der Waals surface area (Å²) in [5.41, 5.74) is 0. The van der Waals surface area contributed by atoms with Crippen molar-refractivity contribution in [3.63, 3.8) is 0 Å². The van der Waals surface area contributed by atoms with Gasteiger partial charge in [-0.3, -0.25) is 0 Å². The molecular weight excluding hydrogens is 267 g/mol. The fraction of sp³-hybridized carbons (Fsp3) is 0. The molecule has 0 saturated carbocycles. The average molecular weight is 269 g/mol. The van der Waals surface area contributed by atoms with Crippen molar-refractivity contribution in [1.29, 1.82) is 0 Å². The minimum Gasteiger partial charge on any atom is -2.00 e. The second-order valence-electron chi connectivity index (χ2n) is 0. The summed E-state index contributed by atoms with van der Waals surface area (Å²) in [6.45, 7) is 0. The van der Waals surface area contributed by atoms with E-state index in [4.69, 9.17) is 0 Å². The van der Waals surface area contributed by atoms with Gasteiger partial charge in [-0.15, -0.1) is 0 Å². The van der Waals surface area contributed by atoms with Crippen LogP contribution in [0, 0.1) is 0 Å². The van der Waals surface area contributed by atoms with Gasteiger partial charge in [0.05, 0.1) is 0 Å². The van der Waals surface area contributed by atoms with Gasteiger partial charge < -0.3 is 8.33 Å². The second kappa shape index (κ2) is 16.9. The number of hydrogen-bond acceptors (Lipinski definition) is 0. The zero-order valence-corrected chi connectivity index (χ0v) is 11.3. The van der Waals surface area contributed by atoms with Crippen molar-refractivity contribution in [3.8, 4) is 0 Å². The Hall–Kier alpha value is 2.87. The van der Waals surface area contributed by atoms with Gasteiger partial charge in [-0.1, -0.05) is 0 Å². The summed E-state index contributed by atoms with van der Waals surface area (Å²) < 4.78 is 0. The van der Waals surface area contributed by atoms with Gasteiger partial charge >= 0.3 is 68.4 Å². The van der Waals surface area contributed by atoms with Gasteiger partial charge in [-0.25, -0.2) is 0 Å². The molecule has 4 heavy (non-hydrogen) atoms. The molecule has 0 rings (SSSR count). The van der Waals surface area contributed by atoms with E-state index in [1.807, 2.05) is 0 Å². The maximum Gasteiger partial charge on any atom is 2.00 e. The van der Waals surface area contributed by atoms with Crippen molar-refractivity contribution in [2.24, 2.45) is 0 Å². The van der Waals surface area contributed by atoms with Gasteiger partial charge in [0.15, 0.2) is 0 Å². The van der Waals surface area contributed by atoms with Crippen molar-refractivity contribution >= 4 is 48.9 Å². The van der Waals surface area contributed by atoms with Crippen molar-refractivity contribution < 1.29 is 49.5 Å². The summed E-state index contributed by atoms with van der Waals surface area (Å²) in [6.07, 6.45) is 0. The topological polar surface area (TPSA) is 28.5 Å². The van der Waals surface area contributed by atoms with E-state index < -0.39 is 0 Å². The normalized spacial score (nSPS) is 0. The number of rotatable bonds is 0. The average Bonchev–Trinajstić information content (AvgIpc) is 0. The monoisotopic (exact) mass is 268 g/mol. The van der Waals surface area contributed by atoms with Crippen molar-refractivity contribution in [3.05, 3.63) is 0 Å². The van der Waals surface area contributed by atoms with Gasteiger partial charge in [-0.2, -0.15) is 0 Å². The molecule has 0 aliphatic rings. The zero-order valence-electron chi connectivity index (χ0n) is 4.32. The minimum atomic E-state index is 0. The molecule has 0 fully saturated rings. The summed E-state index contributed by atoms with van der Waals surface area (Å²) >= 11 is 0. The molecule has 4 heteroatoms. The zero-order chi connectivity index (χ0) is 0. The first-order valence-corrected chi connectivity index (χ1v) is 0. The Balaban J connectivity index is 0. The van der Waals surface area contributed by atoms with Crippen LogP contribution in [0.1, 0.15) is 2.85 Å². The van der Waals surface area contributed by atoms with Gasteiger partial charge in [0.2, 0.25) is 0 Å². The Labute approximate surface area is 96.3 Å². The van der Waals surface area contributed by atoms with E-state index in [1.165, 1.54) is 0 Å². The van der Waals surface area contributed by atoms with E-state index in [0.717, 1.165) is 0 Å². The molecule has 0 saturated heterocycles. The van der Waals surface area contributed by atoms with Crippen LogP contribution in [0.5, 0.6) is 0 Å². The Morgan fingerprint density at radius 2 is 1.25 bits per heavy atom. The molecule has 0 aliphatic heterocycles. The first kappa shape index (κ1) is 28.7. The Morgan fingerprint density at radius 1 is 1.25 bits per heavy atom. The first-order valence-electron chi connectivity index (χ1n) is 0. The van der Waals surface area contributed by atoms with E-state index >= 15 is 0 Å². The molecule has 0 aliphatic carbocycles. The summed E-state index contributed by atoms with van der Waals surface area (Å²) in [5, 5.41) is 0. The molecule has 0 atom stereocenters. The summed E-state index contributed by atoms with van der Waals surface area (Å²) in [6, 6.07) is 0. The van der Waals surface area contributed by atoms with Crippen LogP contribution in [0.25, 0.3) is 0 Å². The van der Waals surface area contributed by atoms with E-state index in [-0.39, 0.29) is 98.4 Å². The van der Waals surface area contributed by atoms with E-state index in [1.54, 1.807) is 0 Å².